The molecule has 0 saturated heterocycles. The highest BCUT2D eigenvalue weighted by Gasteiger charge is 2.09. The number of fused-ring (bicyclic) bond motifs is 2. The molecule has 0 unspecified atom stereocenters. The molecule has 0 spiro atoms. The maximum Gasteiger partial charge on any atom is 0.257 e. The Kier molecular flexibility index (Phi) is 4.89. The molecule has 4 rings (SSSR count). The summed E-state index contributed by atoms with van der Waals surface area (Å²) in [5, 5.41) is 6.97. The summed E-state index contributed by atoms with van der Waals surface area (Å²) in [6.07, 6.45) is 0. The SMILES string of the molecule is C/C(=N\NC(=O)CSc1nc2ccccc2o1)c1cccc2ccccc12. The number of benzene rings is 3. The number of aromatic nitrogens is 1. The quantitative estimate of drug-likeness (QED) is 0.314. The third-order valence-corrected chi connectivity index (χ3v) is 4.96. The second-order valence-electron chi connectivity index (χ2n) is 6.00. The van der Waals surface area contributed by atoms with Crippen molar-refractivity contribution in [3.05, 3.63) is 72.3 Å². The summed E-state index contributed by atoms with van der Waals surface area (Å²) in [4.78, 5) is 16.5. The first-order valence-corrected chi connectivity index (χ1v) is 9.49. The number of hydrazone groups is 1. The van der Waals surface area contributed by atoms with E-state index >= 15 is 0 Å². The number of nitrogens with zero attached hydrogens (tertiary/aromatic N) is 2. The van der Waals surface area contributed by atoms with Crippen LogP contribution in [0.25, 0.3) is 21.9 Å². The Labute approximate surface area is 160 Å². The molecule has 0 aliphatic heterocycles. The summed E-state index contributed by atoms with van der Waals surface area (Å²) < 4.78 is 5.60. The maximum absolute atomic E-state index is 12.1. The molecular weight excluding hydrogens is 358 g/mol. The number of hydrogen-bond donors (Lipinski definition) is 1. The monoisotopic (exact) mass is 375 g/mol. The van der Waals surface area contributed by atoms with Crippen LogP contribution in [0.5, 0.6) is 0 Å². The standard InChI is InChI=1S/C21H17N3O2S/c1-14(16-10-6-8-15-7-2-3-9-17(15)16)23-24-20(25)13-27-21-22-18-11-4-5-12-19(18)26-21/h2-12H,13H2,1H3,(H,24,25)/b23-14+. The van der Waals surface area contributed by atoms with E-state index in [2.05, 4.69) is 33.7 Å². The van der Waals surface area contributed by atoms with Gasteiger partial charge in [-0.25, -0.2) is 10.4 Å². The van der Waals surface area contributed by atoms with Gasteiger partial charge in [-0.05, 0) is 29.8 Å². The van der Waals surface area contributed by atoms with Gasteiger partial charge in [-0.15, -0.1) is 0 Å². The Morgan fingerprint density at radius 3 is 2.74 bits per heavy atom. The maximum atomic E-state index is 12.1. The van der Waals surface area contributed by atoms with Gasteiger partial charge in [0.05, 0.1) is 11.5 Å². The van der Waals surface area contributed by atoms with E-state index in [4.69, 9.17) is 4.42 Å². The van der Waals surface area contributed by atoms with Crippen LogP contribution < -0.4 is 5.43 Å². The lowest BCUT2D eigenvalue weighted by atomic mass is 10.0. The van der Waals surface area contributed by atoms with Crippen LogP contribution >= 0.6 is 11.8 Å². The first-order chi connectivity index (χ1) is 13.2. The highest BCUT2D eigenvalue weighted by molar-refractivity contribution is 7.99. The van der Waals surface area contributed by atoms with Crippen LogP contribution in [-0.4, -0.2) is 22.4 Å². The number of hydrogen-bond acceptors (Lipinski definition) is 5. The Hall–Kier alpha value is -3.12. The van der Waals surface area contributed by atoms with Gasteiger partial charge in [0, 0.05) is 5.56 Å². The molecule has 0 fully saturated rings. The molecule has 0 atom stereocenters. The molecule has 1 amide bonds. The Morgan fingerprint density at radius 2 is 1.85 bits per heavy atom. The first-order valence-electron chi connectivity index (χ1n) is 8.50. The summed E-state index contributed by atoms with van der Waals surface area (Å²) in [5.41, 5.74) is 5.86. The molecule has 0 aliphatic carbocycles. The van der Waals surface area contributed by atoms with Crippen LogP contribution in [0, 0.1) is 0 Å². The largest absolute Gasteiger partial charge is 0.431 e. The molecule has 27 heavy (non-hydrogen) atoms. The summed E-state index contributed by atoms with van der Waals surface area (Å²) in [5.74, 6) is -0.0269. The van der Waals surface area contributed by atoms with E-state index in [-0.39, 0.29) is 11.7 Å². The molecule has 5 nitrogen and oxygen atoms in total. The summed E-state index contributed by atoms with van der Waals surface area (Å²) in [6, 6.07) is 21.7. The van der Waals surface area contributed by atoms with Crippen molar-refractivity contribution < 1.29 is 9.21 Å². The third kappa shape index (κ3) is 3.85. The van der Waals surface area contributed by atoms with Crippen molar-refractivity contribution in [1.29, 1.82) is 0 Å². The Morgan fingerprint density at radius 1 is 1.07 bits per heavy atom. The zero-order valence-corrected chi connectivity index (χ0v) is 15.5. The van der Waals surface area contributed by atoms with Crippen LogP contribution in [-0.2, 0) is 4.79 Å². The number of oxazole rings is 1. The molecule has 3 aromatic carbocycles. The molecule has 4 aromatic rings. The fraction of sp³-hybridized carbons (Fsp3) is 0.0952. The number of amides is 1. The highest BCUT2D eigenvalue weighted by Crippen LogP contribution is 2.23. The van der Waals surface area contributed by atoms with Crippen molar-refractivity contribution in [2.45, 2.75) is 12.1 Å². The molecule has 1 heterocycles. The Bertz CT molecular complexity index is 1110. The lowest BCUT2D eigenvalue weighted by Crippen LogP contribution is -2.21. The molecule has 0 saturated carbocycles. The average Bonchev–Trinajstić information content (AvgIpc) is 3.13. The zero-order valence-electron chi connectivity index (χ0n) is 14.7. The normalized spacial score (nSPS) is 11.8. The number of rotatable bonds is 5. The van der Waals surface area contributed by atoms with Crippen molar-refractivity contribution in [2.75, 3.05) is 5.75 Å². The molecule has 6 heteroatoms. The third-order valence-electron chi connectivity index (χ3n) is 4.13. The van der Waals surface area contributed by atoms with Crippen molar-refractivity contribution in [3.8, 4) is 0 Å². The molecule has 1 aromatic heterocycles. The Balaban J connectivity index is 1.41. The minimum atomic E-state index is -0.207. The zero-order chi connectivity index (χ0) is 18.6. The fourth-order valence-corrected chi connectivity index (χ4v) is 3.45. The molecule has 1 N–H and O–H groups in total. The van der Waals surface area contributed by atoms with Crippen molar-refractivity contribution in [3.63, 3.8) is 0 Å². The number of thioether (sulfide) groups is 1. The van der Waals surface area contributed by atoms with Gasteiger partial charge in [0.25, 0.3) is 11.1 Å². The number of nitrogens with one attached hydrogen (secondary N) is 1. The van der Waals surface area contributed by atoms with Gasteiger partial charge in [0.2, 0.25) is 0 Å². The predicted molar refractivity (Wildman–Crippen MR) is 109 cm³/mol. The summed E-state index contributed by atoms with van der Waals surface area (Å²) in [6.45, 7) is 1.88. The van der Waals surface area contributed by atoms with Gasteiger partial charge in [-0.1, -0.05) is 66.4 Å². The van der Waals surface area contributed by atoms with E-state index in [1.54, 1.807) is 0 Å². The van der Waals surface area contributed by atoms with Gasteiger partial charge in [-0.2, -0.15) is 5.10 Å². The minimum Gasteiger partial charge on any atom is -0.431 e. The predicted octanol–water partition coefficient (Wildman–Crippen LogP) is 4.61. The highest BCUT2D eigenvalue weighted by atomic mass is 32.2. The van der Waals surface area contributed by atoms with Gasteiger partial charge in [0.1, 0.15) is 5.52 Å². The minimum absolute atomic E-state index is 0.180. The van der Waals surface area contributed by atoms with Crippen LogP contribution in [0.3, 0.4) is 0 Å². The van der Waals surface area contributed by atoms with Crippen molar-refractivity contribution in [1.82, 2.24) is 10.4 Å². The van der Waals surface area contributed by atoms with Crippen LogP contribution in [0.2, 0.25) is 0 Å². The molecule has 0 radical (unpaired) electrons. The van der Waals surface area contributed by atoms with E-state index in [0.717, 1.165) is 27.6 Å². The summed E-state index contributed by atoms with van der Waals surface area (Å²) >= 11 is 1.25. The van der Waals surface area contributed by atoms with E-state index in [0.29, 0.717) is 10.8 Å². The number of carbonyl (C=O) groups is 1. The van der Waals surface area contributed by atoms with Gasteiger partial charge in [-0.3, -0.25) is 4.79 Å². The van der Waals surface area contributed by atoms with E-state index in [1.807, 2.05) is 55.5 Å². The lowest BCUT2D eigenvalue weighted by molar-refractivity contribution is -0.118. The van der Waals surface area contributed by atoms with Crippen LogP contribution in [0.15, 0.2) is 81.5 Å². The van der Waals surface area contributed by atoms with Gasteiger partial charge >= 0.3 is 0 Å². The van der Waals surface area contributed by atoms with Crippen LogP contribution in [0.4, 0.5) is 0 Å². The molecule has 0 bridgehead atoms. The molecular formula is C21H17N3O2S. The second kappa shape index (κ2) is 7.63. The topological polar surface area (TPSA) is 67.5 Å². The average molecular weight is 375 g/mol. The lowest BCUT2D eigenvalue weighted by Gasteiger charge is -2.06. The number of carbonyl (C=O) groups excluding carboxylic acids is 1. The smallest absolute Gasteiger partial charge is 0.257 e. The van der Waals surface area contributed by atoms with Crippen molar-refractivity contribution >= 4 is 45.3 Å². The van der Waals surface area contributed by atoms with Gasteiger partial charge in [0.15, 0.2) is 5.58 Å². The second-order valence-corrected chi connectivity index (χ2v) is 6.92. The molecule has 134 valence electrons. The summed E-state index contributed by atoms with van der Waals surface area (Å²) in [7, 11) is 0. The van der Waals surface area contributed by atoms with Crippen molar-refractivity contribution in [2.24, 2.45) is 5.10 Å². The van der Waals surface area contributed by atoms with E-state index < -0.39 is 0 Å². The van der Waals surface area contributed by atoms with Crippen LogP contribution in [0.1, 0.15) is 12.5 Å². The first kappa shape index (κ1) is 17.3. The van der Waals surface area contributed by atoms with E-state index in [1.165, 1.54) is 11.8 Å². The number of para-hydroxylation sites is 2. The van der Waals surface area contributed by atoms with Gasteiger partial charge < -0.3 is 4.42 Å². The molecule has 0 aliphatic rings. The van der Waals surface area contributed by atoms with E-state index in [9.17, 15) is 4.79 Å². The fourth-order valence-electron chi connectivity index (χ4n) is 2.82.